The number of hydrogen-bond donors (Lipinski definition) is 0. The summed E-state index contributed by atoms with van der Waals surface area (Å²) in [5.74, 6) is -0.256. The SMILES string of the molecule is CC(=O)OC(CN1CCc2ccsc2C1)c1ccc(Cl)cc1. The van der Waals surface area contributed by atoms with Gasteiger partial charge in [-0.15, -0.1) is 11.3 Å². The Bertz CT molecular complexity index is 653. The molecule has 1 aromatic carbocycles. The Balaban J connectivity index is 1.73. The zero-order chi connectivity index (χ0) is 15.5. The minimum Gasteiger partial charge on any atom is -0.456 e. The van der Waals surface area contributed by atoms with Crippen LogP contribution in [-0.2, 0) is 22.5 Å². The van der Waals surface area contributed by atoms with E-state index in [0.29, 0.717) is 11.6 Å². The number of fused-ring (bicyclic) bond motifs is 1. The monoisotopic (exact) mass is 335 g/mol. The van der Waals surface area contributed by atoms with Gasteiger partial charge in [0.1, 0.15) is 6.10 Å². The minimum absolute atomic E-state index is 0.253. The zero-order valence-corrected chi connectivity index (χ0v) is 14.0. The summed E-state index contributed by atoms with van der Waals surface area (Å²) in [6.45, 7) is 4.09. The molecule has 0 amide bonds. The summed E-state index contributed by atoms with van der Waals surface area (Å²) in [5.41, 5.74) is 2.44. The van der Waals surface area contributed by atoms with E-state index < -0.39 is 0 Å². The maximum absolute atomic E-state index is 11.4. The maximum Gasteiger partial charge on any atom is 0.303 e. The van der Waals surface area contributed by atoms with Crippen LogP contribution in [0, 0.1) is 0 Å². The summed E-state index contributed by atoms with van der Waals surface area (Å²) in [7, 11) is 0. The fraction of sp³-hybridized carbons (Fsp3) is 0.353. The van der Waals surface area contributed by atoms with Crippen LogP contribution >= 0.6 is 22.9 Å². The van der Waals surface area contributed by atoms with Gasteiger partial charge in [0.05, 0.1) is 0 Å². The molecule has 2 heterocycles. The molecule has 0 saturated carbocycles. The van der Waals surface area contributed by atoms with Crippen molar-refractivity contribution in [2.75, 3.05) is 13.1 Å². The predicted molar refractivity (Wildman–Crippen MR) is 89.3 cm³/mol. The molecule has 5 heteroatoms. The highest BCUT2D eigenvalue weighted by Crippen LogP contribution is 2.27. The lowest BCUT2D eigenvalue weighted by atomic mass is 10.1. The number of carbonyl (C=O) groups excluding carboxylic acids is 1. The lowest BCUT2D eigenvalue weighted by Crippen LogP contribution is -2.34. The standard InChI is InChI=1S/C17H18ClNO2S/c1-12(20)21-16(13-2-4-15(18)5-3-13)10-19-8-6-14-7-9-22-17(14)11-19/h2-5,7,9,16H,6,8,10-11H2,1H3. The maximum atomic E-state index is 11.4. The molecule has 3 nitrogen and oxygen atoms in total. The Morgan fingerprint density at radius 3 is 2.86 bits per heavy atom. The molecule has 1 aliphatic heterocycles. The van der Waals surface area contributed by atoms with Gasteiger partial charge in [-0.1, -0.05) is 23.7 Å². The van der Waals surface area contributed by atoms with Gasteiger partial charge in [-0.05, 0) is 41.1 Å². The number of esters is 1. The summed E-state index contributed by atoms with van der Waals surface area (Å²) in [4.78, 5) is 15.2. The van der Waals surface area contributed by atoms with Crippen LogP contribution in [0.1, 0.15) is 29.0 Å². The molecule has 0 aliphatic carbocycles. The van der Waals surface area contributed by atoms with E-state index in [2.05, 4.69) is 16.3 Å². The van der Waals surface area contributed by atoms with E-state index in [1.807, 2.05) is 24.3 Å². The van der Waals surface area contributed by atoms with Crippen LogP contribution in [0.5, 0.6) is 0 Å². The van der Waals surface area contributed by atoms with E-state index in [9.17, 15) is 4.79 Å². The number of ether oxygens (including phenoxy) is 1. The number of benzene rings is 1. The van der Waals surface area contributed by atoms with Gasteiger partial charge < -0.3 is 4.74 Å². The molecule has 0 N–H and O–H groups in total. The second-order valence-electron chi connectivity index (χ2n) is 5.50. The number of rotatable bonds is 4. The summed E-state index contributed by atoms with van der Waals surface area (Å²) >= 11 is 7.74. The summed E-state index contributed by atoms with van der Waals surface area (Å²) in [6.07, 6.45) is 0.808. The highest BCUT2D eigenvalue weighted by Gasteiger charge is 2.23. The first kappa shape index (κ1) is 15.5. The van der Waals surface area contributed by atoms with Crippen LogP contribution in [-0.4, -0.2) is 24.0 Å². The summed E-state index contributed by atoms with van der Waals surface area (Å²) < 4.78 is 5.53. The molecule has 1 atom stereocenters. The third-order valence-corrected chi connectivity index (χ3v) is 5.08. The van der Waals surface area contributed by atoms with Crippen LogP contribution < -0.4 is 0 Å². The quantitative estimate of drug-likeness (QED) is 0.789. The molecule has 1 aromatic heterocycles. The van der Waals surface area contributed by atoms with E-state index in [-0.39, 0.29) is 12.1 Å². The first-order valence-electron chi connectivity index (χ1n) is 7.32. The van der Waals surface area contributed by atoms with Crippen LogP contribution in [0.25, 0.3) is 0 Å². The molecule has 1 aliphatic rings. The number of nitrogens with zero attached hydrogens (tertiary/aromatic N) is 1. The van der Waals surface area contributed by atoms with Gasteiger partial charge in [-0.25, -0.2) is 0 Å². The molecule has 0 saturated heterocycles. The molecule has 0 spiro atoms. The van der Waals surface area contributed by atoms with E-state index in [4.69, 9.17) is 16.3 Å². The molecule has 3 rings (SSSR count). The molecule has 22 heavy (non-hydrogen) atoms. The zero-order valence-electron chi connectivity index (χ0n) is 12.4. The van der Waals surface area contributed by atoms with Gasteiger partial charge in [0.2, 0.25) is 0 Å². The number of thiophene rings is 1. The van der Waals surface area contributed by atoms with Gasteiger partial charge in [0, 0.05) is 36.5 Å². The van der Waals surface area contributed by atoms with Crippen molar-refractivity contribution in [1.82, 2.24) is 4.90 Å². The van der Waals surface area contributed by atoms with Gasteiger partial charge in [0.25, 0.3) is 0 Å². The van der Waals surface area contributed by atoms with Crippen molar-refractivity contribution in [1.29, 1.82) is 0 Å². The summed E-state index contributed by atoms with van der Waals surface area (Å²) in [6, 6.07) is 9.73. The average molecular weight is 336 g/mol. The molecule has 0 bridgehead atoms. The van der Waals surface area contributed by atoms with Gasteiger partial charge in [0.15, 0.2) is 0 Å². The molecule has 1 unspecified atom stereocenters. The molecule has 0 fully saturated rings. The van der Waals surface area contributed by atoms with Gasteiger partial charge in [-0.3, -0.25) is 9.69 Å². The van der Waals surface area contributed by atoms with E-state index in [1.54, 1.807) is 11.3 Å². The predicted octanol–water partition coefficient (Wildman–Crippen LogP) is 4.06. The Kier molecular flexibility index (Phi) is 4.81. The van der Waals surface area contributed by atoms with Crippen molar-refractivity contribution >= 4 is 28.9 Å². The first-order valence-corrected chi connectivity index (χ1v) is 8.58. The van der Waals surface area contributed by atoms with Crippen molar-refractivity contribution < 1.29 is 9.53 Å². The van der Waals surface area contributed by atoms with Crippen LogP contribution in [0.3, 0.4) is 0 Å². The fourth-order valence-corrected chi connectivity index (χ4v) is 3.87. The molecule has 116 valence electrons. The van der Waals surface area contributed by atoms with Crippen LogP contribution in [0.2, 0.25) is 5.02 Å². The van der Waals surface area contributed by atoms with Crippen molar-refractivity contribution in [2.24, 2.45) is 0 Å². The molecular weight excluding hydrogens is 318 g/mol. The topological polar surface area (TPSA) is 29.5 Å². The molecule has 2 aromatic rings. The second-order valence-corrected chi connectivity index (χ2v) is 6.94. The minimum atomic E-state index is -0.256. The summed E-state index contributed by atoms with van der Waals surface area (Å²) in [5, 5.41) is 2.84. The van der Waals surface area contributed by atoms with E-state index >= 15 is 0 Å². The number of hydrogen-bond acceptors (Lipinski definition) is 4. The Labute approximate surface area is 139 Å². The van der Waals surface area contributed by atoms with Crippen LogP contribution in [0.4, 0.5) is 0 Å². The smallest absolute Gasteiger partial charge is 0.303 e. The van der Waals surface area contributed by atoms with E-state index in [0.717, 1.165) is 25.1 Å². The number of halogens is 1. The Morgan fingerprint density at radius 2 is 2.14 bits per heavy atom. The second kappa shape index (κ2) is 6.82. The largest absolute Gasteiger partial charge is 0.456 e. The van der Waals surface area contributed by atoms with Gasteiger partial charge >= 0.3 is 5.97 Å². The van der Waals surface area contributed by atoms with Crippen molar-refractivity contribution in [3.63, 3.8) is 0 Å². The third-order valence-electron chi connectivity index (χ3n) is 3.88. The van der Waals surface area contributed by atoms with Crippen molar-refractivity contribution in [3.05, 3.63) is 56.7 Å². The third kappa shape index (κ3) is 3.69. The van der Waals surface area contributed by atoms with Crippen molar-refractivity contribution in [3.8, 4) is 0 Å². The lowest BCUT2D eigenvalue weighted by Gasteiger charge is -2.30. The lowest BCUT2D eigenvalue weighted by molar-refractivity contribution is -0.147. The van der Waals surface area contributed by atoms with Gasteiger partial charge in [-0.2, -0.15) is 0 Å². The normalized spacial score (nSPS) is 16.1. The highest BCUT2D eigenvalue weighted by molar-refractivity contribution is 7.10. The molecule has 0 radical (unpaired) electrons. The average Bonchev–Trinajstić information content (AvgIpc) is 2.94. The Hall–Kier alpha value is -1.36. The first-order chi connectivity index (χ1) is 10.6. The Morgan fingerprint density at radius 1 is 1.36 bits per heavy atom. The highest BCUT2D eigenvalue weighted by atomic mass is 35.5. The van der Waals surface area contributed by atoms with E-state index in [1.165, 1.54) is 17.4 Å². The molecular formula is C17H18ClNO2S. The van der Waals surface area contributed by atoms with Crippen molar-refractivity contribution in [2.45, 2.75) is 26.0 Å². The van der Waals surface area contributed by atoms with Crippen LogP contribution in [0.15, 0.2) is 35.7 Å². The number of carbonyl (C=O) groups is 1. The fourth-order valence-electron chi connectivity index (χ4n) is 2.77.